The van der Waals surface area contributed by atoms with Gasteiger partial charge in [0.05, 0.1) is 11.1 Å². The maximum Gasteiger partial charge on any atom is 0.336 e. The summed E-state index contributed by atoms with van der Waals surface area (Å²) in [5, 5.41) is 25.2. The first kappa shape index (κ1) is 23.4. The SMILES string of the molecule is Cc1ccc(C(=O)O)c(CCCc2ccccc2)c1C(=O)O.c1ccc(-c2ncn[nH]2)cc1. The minimum absolute atomic E-state index is 0.0797. The lowest BCUT2D eigenvalue weighted by Gasteiger charge is -2.12. The summed E-state index contributed by atoms with van der Waals surface area (Å²) in [7, 11) is 0. The van der Waals surface area contributed by atoms with Gasteiger partial charge in [0, 0.05) is 5.56 Å². The highest BCUT2D eigenvalue weighted by Gasteiger charge is 2.20. The molecular formula is C26H25N3O4. The number of nitrogens with zero attached hydrogens (tertiary/aromatic N) is 2. The number of hydrogen-bond donors (Lipinski definition) is 3. The second-order valence-electron chi connectivity index (χ2n) is 7.43. The molecule has 0 bridgehead atoms. The molecule has 4 aromatic rings. The van der Waals surface area contributed by atoms with Gasteiger partial charge in [0.1, 0.15) is 6.33 Å². The number of carbonyl (C=O) groups is 2. The Balaban J connectivity index is 0.000000231. The number of carboxylic acid groups (broad SMARTS) is 2. The van der Waals surface area contributed by atoms with Crippen LogP contribution in [0.25, 0.3) is 11.4 Å². The second-order valence-corrected chi connectivity index (χ2v) is 7.43. The molecule has 0 aliphatic carbocycles. The van der Waals surface area contributed by atoms with Crippen molar-refractivity contribution in [1.29, 1.82) is 0 Å². The average molecular weight is 444 g/mol. The Kier molecular flexibility index (Phi) is 8.07. The second kappa shape index (κ2) is 11.4. The maximum absolute atomic E-state index is 11.5. The molecule has 0 spiro atoms. The van der Waals surface area contributed by atoms with Crippen LogP contribution in [0.2, 0.25) is 0 Å². The average Bonchev–Trinajstić information content (AvgIpc) is 3.36. The largest absolute Gasteiger partial charge is 0.478 e. The standard InChI is InChI=1S/C18H18O4.C8H7N3/c1-12-10-11-15(17(19)20)14(16(12)18(21)22)9-5-8-13-6-3-2-4-7-13;1-2-4-7(5-3-1)8-9-6-10-11-8/h2-4,6-7,10-11H,5,8-9H2,1H3,(H,19,20)(H,21,22);1-6H,(H,9,10,11). The fourth-order valence-corrected chi connectivity index (χ4v) is 3.58. The molecule has 7 nitrogen and oxygen atoms in total. The first-order valence-corrected chi connectivity index (χ1v) is 10.5. The highest BCUT2D eigenvalue weighted by molar-refractivity contribution is 5.97. The molecule has 0 saturated heterocycles. The van der Waals surface area contributed by atoms with Crippen LogP contribution >= 0.6 is 0 Å². The topological polar surface area (TPSA) is 116 Å². The zero-order chi connectivity index (χ0) is 23.6. The van der Waals surface area contributed by atoms with Crippen molar-refractivity contribution >= 4 is 11.9 Å². The Labute approximate surface area is 191 Å². The molecule has 1 heterocycles. The van der Waals surface area contributed by atoms with Crippen LogP contribution < -0.4 is 0 Å². The van der Waals surface area contributed by atoms with Crippen LogP contribution in [0.15, 0.2) is 79.1 Å². The summed E-state index contributed by atoms with van der Waals surface area (Å²) >= 11 is 0. The lowest BCUT2D eigenvalue weighted by Crippen LogP contribution is -2.12. The molecule has 0 aliphatic heterocycles. The van der Waals surface area contributed by atoms with Gasteiger partial charge < -0.3 is 10.2 Å². The van der Waals surface area contributed by atoms with Crippen LogP contribution in [0.5, 0.6) is 0 Å². The quantitative estimate of drug-likeness (QED) is 0.369. The van der Waals surface area contributed by atoms with Crippen molar-refractivity contribution < 1.29 is 19.8 Å². The van der Waals surface area contributed by atoms with E-state index in [4.69, 9.17) is 0 Å². The molecule has 4 rings (SSSR count). The number of aromatic amines is 1. The normalized spacial score (nSPS) is 10.2. The Morgan fingerprint density at radius 3 is 2.09 bits per heavy atom. The van der Waals surface area contributed by atoms with Crippen molar-refractivity contribution in [2.24, 2.45) is 0 Å². The Bertz CT molecular complexity index is 1190. The number of benzene rings is 3. The predicted molar refractivity (Wildman–Crippen MR) is 125 cm³/mol. The van der Waals surface area contributed by atoms with Crippen molar-refractivity contribution in [2.45, 2.75) is 26.2 Å². The molecule has 0 fully saturated rings. The van der Waals surface area contributed by atoms with E-state index in [0.717, 1.165) is 23.4 Å². The molecule has 3 aromatic carbocycles. The zero-order valence-electron chi connectivity index (χ0n) is 18.2. The fraction of sp³-hybridized carbons (Fsp3) is 0.154. The number of nitrogens with one attached hydrogen (secondary N) is 1. The number of H-pyrrole nitrogens is 1. The van der Waals surface area contributed by atoms with Gasteiger partial charge >= 0.3 is 11.9 Å². The van der Waals surface area contributed by atoms with E-state index in [1.165, 1.54) is 12.4 Å². The first-order chi connectivity index (χ1) is 16.0. The summed E-state index contributed by atoms with van der Waals surface area (Å²) < 4.78 is 0. The summed E-state index contributed by atoms with van der Waals surface area (Å²) in [6, 6.07) is 22.8. The summed E-state index contributed by atoms with van der Waals surface area (Å²) in [5.74, 6) is -1.35. The predicted octanol–water partition coefficient (Wildman–Crippen LogP) is 5.04. The maximum atomic E-state index is 11.5. The van der Waals surface area contributed by atoms with E-state index in [2.05, 4.69) is 15.2 Å². The van der Waals surface area contributed by atoms with Crippen molar-refractivity contribution in [3.8, 4) is 11.4 Å². The molecule has 1 aromatic heterocycles. The van der Waals surface area contributed by atoms with Gasteiger partial charge in [-0.15, -0.1) is 0 Å². The molecule has 3 N–H and O–H groups in total. The van der Waals surface area contributed by atoms with Gasteiger partial charge in [-0.05, 0) is 48.9 Å². The number of aromatic carboxylic acids is 2. The van der Waals surface area contributed by atoms with Crippen molar-refractivity contribution in [1.82, 2.24) is 15.2 Å². The van der Waals surface area contributed by atoms with Gasteiger partial charge in [0.25, 0.3) is 0 Å². The number of rotatable bonds is 7. The van der Waals surface area contributed by atoms with E-state index in [9.17, 15) is 19.8 Å². The van der Waals surface area contributed by atoms with Gasteiger partial charge in [0.15, 0.2) is 5.82 Å². The van der Waals surface area contributed by atoms with Gasteiger partial charge in [-0.1, -0.05) is 66.7 Å². The summed E-state index contributed by atoms with van der Waals surface area (Å²) in [6.07, 6.45) is 3.42. The zero-order valence-corrected chi connectivity index (χ0v) is 18.2. The molecule has 0 unspecified atom stereocenters. The highest BCUT2D eigenvalue weighted by Crippen LogP contribution is 2.22. The van der Waals surface area contributed by atoms with Crippen molar-refractivity contribution in [2.75, 3.05) is 0 Å². The van der Waals surface area contributed by atoms with Gasteiger partial charge in [0.2, 0.25) is 0 Å². The van der Waals surface area contributed by atoms with Crippen molar-refractivity contribution in [3.05, 3.63) is 107 Å². The lowest BCUT2D eigenvalue weighted by atomic mass is 9.92. The van der Waals surface area contributed by atoms with Crippen molar-refractivity contribution in [3.63, 3.8) is 0 Å². The Morgan fingerprint density at radius 1 is 0.848 bits per heavy atom. The minimum Gasteiger partial charge on any atom is -0.478 e. The summed E-state index contributed by atoms with van der Waals surface area (Å²) in [6.45, 7) is 1.69. The van der Waals surface area contributed by atoms with Gasteiger partial charge in [-0.3, -0.25) is 5.10 Å². The lowest BCUT2D eigenvalue weighted by molar-refractivity contribution is 0.0694. The molecule has 168 valence electrons. The van der Waals surface area contributed by atoms with Crippen LogP contribution in [0.1, 0.15) is 43.8 Å². The molecule has 0 radical (unpaired) electrons. The molecule has 0 amide bonds. The molecule has 7 heteroatoms. The van der Waals surface area contributed by atoms with E-state index < -0.39 is 11.9 Å². The van der Waals surface area contributed by atoms with E-state index in [1.54, 1.807) is 13.0 Å². The third-order valence-electron chi connectivity index (χ3n) is 5.16. The van der Waals surface area contributed by atoms with Crippen LogP contribution in [-0.2, 0) is 12.8 Å². The highest BCUT2D eigenvalue weighted by atomic mass is 16.4. The number of hydrogen-bond acceptors (Lipinski definition) is 4. The minimum atomic E-state index is -1.09. The molecular weight excluding hydrogens is 418 g/mol. The Hall–Kier alpha value is -4.26. The molecule has 0 aliphatic rings. The number of aromatic nitrogens is 3. The van der Waals surface area contributed by atoms with Gasteiger partial charge in [-0.2, -0.15) is 5.10 Å². The van der Waals surface area contributed by atoms with Crippen LogP contribution in [-0.4, -0.2) is 37.3 Å². The monoisotopic (exact) mass is 443 g/mol. The third-order valence-corrected chi connectivity index (χ3v) is 5.16. The van der Waals surface area contributed by atoms with Crippen LogP contribution in [0.3, 0.4) is 0 Å². The molecule has 0 saturated carbocycles. The molecule has 0 atom stereocenters. The van der Waals surface area contributed by atoms with Crippen LogP contribution in [0.4, 0.5) is 0 Å². The van der Waals surface area contributed by atoms with E-state index >= 15 is 0 Å². The van der Waals surface area contributed by atoms with E-state index in [1.807, 2.05) is 60.7 Å². The smallest absolute Gasteiger partial charge is 0.336 e. The fourth-order valence-electron chi connectivity index (χ4n) is 3.58. The first-order valence-electron chi connectivity index (χ1n) is 10.5. The van der Waals surface area contributed by atoms with E-state index in [0.29, 0.717) is 24.0 Å². The summed E-state index contributed by atoms with van der Waals surface area (Å²) in [5.41, 5.74) is 3.42. The van der Waals surface area contributed by atoms with Crippen LogP contribution in [0, 0.1) is 6.92 Å². The number of carboxylic acids is 2. The summed E-state index contributed by atoms with van der Waals surface area (Å²) in [4.78, 5) is 26.8. The van der Waals surface area contributed by atoms with Gasteiger partial charge in [-0.25, -0.2) is 14.6 Å². The Morgan fingerprint density at radius 2 is 1.52 bits per heavy atom. The number of aryl methyl sites for hydroxylation is 2. The third kappa shape index (κ3) is 6.36. The molecule has 33 heavy (non-hydrogen) atoms. The van der Waals surface area contributed by atoms with E-state index in [-0.39, 0.29) is 11.1 Å².